The van der Waals surface area contributed by atoms with E-state index in [1.165, 1.54) is 0 Å². The van der Waals surface area contributed by atoms with Crippen LogP contribution in [-0.2, 0) is 53.6 Å². The molecule has 0 fully saturated rings. The van der Waals surface area contributed by atoms with Crippen LogP contribution in [-0.4, -0.2) is 45.6 Å². The fourth-order valence-corrected chi connectivity index (χ4v) is 7.12. The van der Waals surface area contributed by atoms with Crippen LogP contribution in [0.1, 0.15) is 127 Å². The van der Waals surface area contributed by atoms with Crippen molar-refractivity contribution >= 4 is 11.9 Å². The molecule has 8 heteroatoms. The second-order valence-corrected chi connectivity index (χ2v) is 16.8. The molecule has 0 saturated heterocycles. The number of aryl methyl sites for hydroxylation is 2. The second-order valence-electron chi connectivity index (χ2n) is 16.8. The molecule has 0 aliphatic rings. The number of esters is 2. The van der Waals surface area contributed by atoms with Gasteiger partial charge in [0.1, 0.15) is 36.2 Å². The summed E-state index contributed by atoms with van der Waals surface area (Å²) in [5.74, 6) is -0.284. The minimum absolute atomic E-state index is 0.0329. The number of hydrogen-bond donors (Lipinski definition) is 4. The van der Waals surface area contributed by atoms with Crippen LogP contribution in [0.3, 0.4) is 0 Å². The molecule has 4 rings (SSSR count). The summed E-state index contributed by atoms with van der Waals surface area (Å²) in [5.41, 5.74) is 3.75. The SMILES string of the molecule is CCc1cc(C(C)(CC(=O)OCCOC(=O)CC(C)(c2ccc(O)c(C(C)(C)C)c2)c2ccc(O)c(C(C)(C)C)c2)c2ccc(O)c(CC)c2)ccc1O. The number of phenolic OH excluding ortho intramolecular Hbond substituents is 4. The van der Waals surface area contributed by atoms with Crippen LogP contribution in [0.5, 0.6) is 23.0 Å². The van der Waals surface area contributed by atoms with Crippen LogP contribution in [0, 0.1) is 0 Å². The summed E-state index contributed by atoms with van der Waals surface area (Å²) in [7, 11) is 0. The summed E-state index contributed by atoms with van der Waals surface area (Å²) in [6.45, 7) is 19.6. The van der Waals surface area contributed by atoms with Crippen molar-refractivity contribution in [3.05, 3.63) is 117 Å². The highest BCUT2D eigenvalue weighted by Crippen LogP contribution is 2.43. The number of hydrogen-bond acceptors (Lipinski definition) is 8. The largest absolute Gasteiger partial charge is 0.508 e. The van der Waals surface area contributed by atoms with Crippen molar-refractivity contribution in [3.63, 3.8) is 0 Å². The monoisotopic (exact) mass is 738 g/mol. The predicted octanol–water partition coefficient (Wildman–Crippen LogP) is 9.41. The Bertz CT molecular complexity index is 1860. The van der Waals surface area contributed by atoms with Gasteiger partial charge in [-0.3, -0.25) is 9.59 Å². The second kappa shape index (κ2) is 16.2. The lowest BCUT2D eigenvalue weighted by molar-refractivity contribution is -0.153. The van der Waals surface area contributed by atoms with E-state index in [0.717, 1.165) is 44.5 Å². The first kappa shape index (κ1) is 41.8. The minimum Gasteiger partial charge on any atom is -0.508 e. The van der Waals surface area contributed by atoms with Gasteiger partial charge in [0.25, 0.3) is 0 Å². The minimum atomic E-state index is -0.903. The summed E-state index contributed by atoms with van der Waals surface area (Å²) >= 11 is 0. The van der Waals surface area contributed by atoms with Gasteiger partial charge < -0.3 is 29.9 Å². The third-order valence-electron chi connectivity index (χ3n) is 10.7. The number of carbonyl (C=O) groups is 2. The number of aromatic hydroxyl groups is 4. The van der Waals surface area contributed by atoms with Crippen LogP contribution >= 0.6 is 0 Å². The van der Waals surface area contributed by atoms with Crippen molar-refractivity contribution in [3.8, 4) is 23.0 Å². The van der Waals surface area contributed by atoms with Gasteiger partial charge in [0.15, 0.2) is 0 Å². The number of ether oxygens (including phenoxy) is 2. The Kier molecular flexibility index (Phi) is 12.5. The highest BCUT2D eigenvalue weighted by Gasteiger charge is 2.36. The van der Waals surface area contributed by atoms with Crippen molar-refractivity contribution < 1.29 is 39.5 Å². The normalized spacial score (nSPS) is 12.4. The van der Waals surface area contributed by atoms with Gasteiger partial charge in [0, 0.05) is 10.8 Å². The van der Waals surface area contributed by atoms with Crippen molar-refractivity contribution in [2.45, 2.75) is 117 Å². The molecule has 4 N–H and O–H groups in total. The molecular formula is C46H58O8. The fourth-order valence-electron chi connectivity index (χ4n) is 7.12. The third-order valence-corrected chi connectivity index (χ3v) is 10.7. The number of carbonyl (C=O) groups excluding carboxylic acids is 2. The third kappa shape index (κ3) is 9.20. The molecule has 4 aromatic rings. The summed E-state index contributed by atoms with van der Waals surface area (Å²) in [5, 5.41) is 42.3. The van der Waals surface area contributed by atoms with Crippen LogP contribution in [0.25, 0.3) is 0 Å². The maximum atomic E-state index is 13.6. The predicted molar refractivity (Wildman–Crippen MR) is 213 cm³/mol. The van der Waals surface area contributed by atoms with Gasteiger partial charge in [-0.25, -0.2) is 0 Å². The first-order valence-corrected chi connectivity index (χ1v) is 18.8. The first-order chi connectivity index (χ1) is 25.1. The Morgan fingerprint density at radius 3 is 1.07 bits per heavy atom. The van der Waals surface area contributed by atoms with Crippen molar-refractivity contribution in [2.24, 2.45) is 0 Å². The van der Waals surface area contributed by atoms with Gasteiger partial charge in [-0.2, -0.15) is 0 Å². The number of phenols is 4. The van der Waals surface area contributed by atoms with Crippen molar-refractivity contribution in [2.75, 3.05) is 13.2 Å². The summed E-state index contributed by atoms with van der Waals surface area (Å²) in [4.78, 5) is 27.1. The van der Waals surface area contributed by atoms with Gasteiger partial charge in [-0.1, -0.05) is 118 Å². The van der Waals surface area contributed by atoms with E-state index in [4.69, 9.17) is 9.47 Å². The molecule has 0 amide bonds. The van der Waals surface area contributed by atoms with E-state index in [1.807, 2.05) is 106 Å². The molecule has 0 spiro atoms. The van der Waals surface area contributed by atoms with Gasteiger partial charge >= 0.3 is 11.9 Å². The summed E-state index contributed by atoms with van der Waals surface area (Å²) in [6, 6.07) is 21.5. The molecule has 0 saturated carbocycles. The van der Waals surface area contributed by atoms with Gasteiger partial charge in [0.05, 0.1) is 12.8 Å². The molecule has 4 aromatic carbocycles. The molecule has 0 atom stereocenters. The smallest absolute Gasteiger partial charge is 0.307 e. The van der Waals surface area contributed by atoms with Crippen LogP contribution < -0.4 is 0 Å². The van der Waals surface area contributed by atoms with E-state index in [2.05, 4.69) is 0 Å². The molecule has 54 heavy (non-hydrogen) atoms. The first-order valence-electron chi connectivity index (χ1n) is 18.8. The van der Waals surface area contributed by atoms with E-state index in [1.54, 1.807) is 36.4 Å². The molecular weight excluding hydrogens is 680 g/mol. The lowest BCUT2D eigenvalue weighted by atomic mass is 9.70. The lowest BCUT2D eigenvalue weighted by Gasteiger charge is -2.33. The maximum Gasteiger partial charge on any atom is 0.307 e. The zero-order valence-electron chi connectivity index (χ0n) is 33.6. The quantitative estimate of drug-likeness (QED) is 0.0788. The van der Waals surface area contributed by atoms with Gasteiger partial charge in [0.2, 0.25) is 0 Å². The van der Waals surface area contributed by atoms with Gasteiger partial charge in [-0.15, -0.1) is 0 Å². The topological polar surface area (TPSA) is 134 Å². The number of rotatable bonds is 13. The zero-order valence-corrected chi connectivity index (χ0v) is 33.6. The Labute approximate surface area is 320 Å². The van der Waals surface area contributed by atoms with E-state index >= 15 is 0 Å². The van der Waals surface area contributed by atoms with Crippen LogP contribution in [0.15, 0.2) is 72.8 Å². The van der Waals surface area contributed by atoms with E-state index in [-0.39, 0.29) is 59.9 Å². The Hall–Kier alpha value is -4.98. The molecule has 0 aliphatic heterocycles. The summed E-state index contributed by atoms with van der Waals surface area (Å²) < 4.78 is 11.3. The molecule has 8 nitrogen and oxygen atoms in total. The Morgan fingerprint density at radius 1 is 0.481 bits per heavy atom. The van der Waals surface area contributed by atoms with Crippen LogP contribution in [0.4, 0.5) is 0 Å². The zero-order chi connectivity index (χ0) is 40.2. The molecule has 290 valence electrons. The van der Waals surface area contributed by atoms with Crippen molar-refractivity contribution in [1.82, 2.24) is 0 Å². The number of benzene rings is 4. The molecule has 0 radical (unpaired) electrons. The molecule has 0 aliphatic carbocycles. The van der Waals surface area contributed by atoms with Crippen LogP contribution in [0.2, 0.25) is 0 Å². The van der Waals surface area contributed by atoms with Gasteiger partial charge in [-0.05, 0) is 92.4 Å². The fraction of sp³-hybridized carbons (Fsp3) is 0.435. The standard InChI is InChI=1S/C46H58O8/c1-11-29-23-31(13-17-37(29)47)45(9,32-14-18-38(48)30(12-2)24-32)27-41(51)53-21-22-54-42(52)28-46(10,33-15-19-39(49)35(25-33)43(3,4)5)34-16-20-40(50)36(26-34)44(6,7)8/h13-20,23-26,47-50H,11-12,21-22,27-28H2,1-10H3. The molecule has 0 bridgehead atoms. The maximum absolute atomic E-state index is 13.6. The molecule has 0 unspecified atom stereocenters. The van der Waals surface area contributed by atoms with E-state index in [0.29, 0.717) is 12.8 Å². The Morgan fingerprint density at radius 2 is 0.778 bits per heavy atom. The molecule has 0 aromatic heterocycles. The van der Waals surface area contributed by atoms with Crippen molar-refractivity contribution in [1.29, 1.82) is 0 Å². The molecule has 0 heterocycles. The Balaban J connectivity index is 1.55. The highest BCUT2D eigenvalue weighted by molar-refractivity contribution is 5.74. The average molecular weight is 739 g/mol. The summed E-state index contributed by atoms with van der Waals surface area (Å²) in [6.07, 6.45) is 1.13. The van der Waals surface area contributed by atoms with E-state index < -0.39 is 22.8 Å². The average Bonchev–Trinajstić information content (AvgIpc) is 3.09. The highest BCUT2D eigenvalue weighted by atomic mass is 16.6. The van der Waals surface area contributed by atoms with E-state index in [9.17, 15) is 30.0 Å². The lowest BCUT2D eigenvalue weighted by Crippen LogP contribution is -2.31.